The minimum atomic E-state index is -0.503. The van der Waals surface area contributed by atoms with Gasteiger partial charge in [-0.2, -0.15) is 4.98 Å². The summed E-state index contributed by atoms with van der Waals surface area (Å²) in [6, 6.07) is 8.66. The second-order valence-corrected chi connectivity index (χ2v) is 5.48. The molecular weight excluding hydrogens is 363 g/mol. The highest BCUT2D eigenvalue weighted by Crippen LogP contribution is 2.31. The third kappa shape index (κ3) is 2.77. The molecule has 0 fully saturated rings. The Morgan fingerprint density at radius 1 is 1.19 bits per heavy atom. The zero-order chi connectivity index (χ0) is 15.0. The first-order chi connectivity index (χ1) is 10.0. The van der Waals surface area contributed by atoms with Gasteiger partial charge in [0.2, 0.25) is 5.82 Å². The van der Waals surface area contributed by atoms with E-state index in [-0.39, 0.29) is 17.2 Å². The second kappa shape index (κ2) is 5.46. The van der Waals surface area contributed by atoms with E-state index in [2.05, 4.69) is 26.1 Å². The van der Waals surface area contributed by atoms with E-state index in [1.807, 2.05) is 0 Å². The zero-order valence-electron chi connectivity index (χ0n) is 10.3. The molecule has 1 aromatic heterocycles. The molecule has 0 bridgehead atoms. The van der Waals surface area contributed by atoms with Gasteiger partial charge in [0.1, 0.15) is 11.6 Å². The molecule has 0 spiro atoms. The lowest BCUT2D eigenvalue weighted by Gasteiger charge is -1.99. The maximum atomic E-state index is 13.2. The number of hydrogen-bond acceptors (Lipinski definition) is 4. The van der Waals surface area contributed by atoms with Gasteiger partial charge in [0.15, 0.2) is 0 Å². The van der Waals surface area contributed by atoms with E-state index in [1.165, 1.54) is 6.07 Å². The summed E-state index contributed by atoms with van der Waals surface area (Å²) in [5, 5.41) is 14.1. The minimum Gasteiger partial charge on any atom is -0.507 e. The van der Waals surface area contributed by atoms with Crippen molar-refractivity contribution in [3.8, 4) is 28.6 Å². The lowest BCUT2D eigenvalue weighted by Crippen LogP contribution is -1.84. The van der Waals surface area contributed by atoms with Crippen molar-refractivity contribution in [1.82, 2.24) is 10.1 Å². The van der Waals surface area contributed by atoms with E-state index in [9.17, 15) is 9.50 Å². The summed E-state index contributed by atoms with van der Waals surface area (Å²) in [5.41, 5.74) is 0.818. The van der Waals surface area contributed by atoms with Crippen molar-refractivity contribution in [3.63, 3.8) is 0 Å². The summed E-state index contributed by atoms with van der Waals surface area (Å²) < 4.78 is 19.0. The predicted molar refractivity (Wildman–Crippen MR) is 79.5 cm³/mol. The van der Waals surface area contributed by atoms with Crippen LogP contribution < -0.4 is 0 Å². The van der Waals surface area contributed by atoms with Crippen molar-refractivity contribution in [2.45, 2.75) is 0 Å². The molecule has 1 N–H and O–H groups in total. The maximum absolute atomic E-state index is 13.2. The zero-order valence-corrected chi connectivity index (χ0v) is 12.7. The molecule has 3 rings (SSSR count). The fourth-order valence-corrected chi connectivity index (χ4v) is 2.26. The Hall–Kier alpha value is -1.92. The molecule has 4 nitrogen and oxygen atoms in total. The highest BCUT2D eigenvalue weighted by atomic mass is 79.9. The van der Waals surface area contributed by atoms with Gasteiger partial charge in [-0.25, -0.2) is 4.39 Å². The first kappa shape index (κ1) is 14.0. The summed E-state index contributed by atoms with van der Waals surface area (Å²) >= 11 is 9.23. The third-order valence-corrected chi connectivity index (χ3v) is 4.01. The average molecular weight is 370 g/mol. The highest BCUT2D eigenvalue weighted by Gasteiger charge is 2.15. The van der Waals surface area contributed by atoms with Crippen LogP contribution in [0.3, 0.4) is 0 Å². The molecule has 0 aliphatic rings. The van der Waals surface area contributed by atoms with Crippen LogP contribution in [0.15, 0.2) is 45.4 Å². The number of phenolic OH excluding ortho intramolecular Hbond substituents is 1. The van der Waals surface area contributed by atoms with Crippen LogP contribution in [0, 0.1) is 5.82 Å². The van der Waals surface area contributed by atoms with Crippen LogP contribution in [0.2, 0.25) is 5.02 Å². The van der Waals surface area contributed by atoms with Crippen LogP contribution >= 0.6 is 27.5 Å². The number of benzene rings is 2. The number of aromatic hydroxyl groups is 1. The molecule has 0 saturated carbocycles. The molecule has 7 heteroatoms. The number of hydrogen-bond donors (Lipinski definition) is 1. The van der Waals surface area contributed by atoms with E-state index in [1.54, 1.807) is 18.2 Å². The average Bonchev–Trinajstić information content (AvgIpc) is 2.94. The lowest BCUT2D eigenvalue weighted by molar-refractivity contribution is 0.425. The molecule has 0 radical (unpaired) electrons. The lowest BCUT2D eigenvalue weighted by atomic mass is 10.2. The van der Waals surface area contributed by atoms with E-state index in [4.69, 9.17) is 16.1 Å². The van der Waals surface area contributed by atoms with E-state index in [0.717, 1.165) is 12.1 Å². The van der Waals surface area contributed by atoms with Gasteiger partial charge in [-0.1, -0.05) is 16.8 Å². The van der Waals surface area contributed by atoms with Gasteiger partial charge in [0, 0.05) is 10.0 Å². The van der Waals surface area contributed by atoms with Crippen molar-refractivity contribution in [2.24, 2.45) is 0 Å². The Kier molecular flexibility index (Phi) is 3.65. The Labute approximate surface area is 132 Å². The fraction of sp³-hybridized carbons (Fsp3) is 0. The van der Waals surface area contributed by atoms with Gasteiger partial charge < -0.3 is 9.63 Å². The predicted octanol–water partition coefficient (Wildman–Crippen LogP) is 4.66. The monoisotopic (exact) mass is 368 g/mol. The van der Waals surface area contributed by atoms with E-state index >= 15 is 0 Å². The number of rotatable bonds is 2. The normalized spacial score (nSPS) is 10.8. The maximum Gasteiger partial charge on any atom is 0.262 e. The molecular formula is C14H7BrClFN2O2. The molecule has 0 amide bonds. The van der Waals surface area contributed by atoms with Gasteiger partial charge in [0.05, 0.1) is 10.6 Å². The Morgan fingerprint density at radius 2 is 2.00 bits per heavy atom. The third-order valence-electron chi connectivity index (χ3n) is 2.79. The first-order valence-corrected chi connectivity index (χ1v) is 7.00. The van der Waals surface area contributed by atoms with Crippen molar-refractivity contribution in [2.75, 3.05) is 0 Å². The summed E-state index contributed by atoms with van der Waals surface area (Å²) in [6.07, 6.45) is 0. The fourth-order valence-electron chi connectivity index (χ4n) is 1.76. The SMILES string of the molecule is Oc1ccc(F)cc1-c1nc(-c2ccc(Cl)c(Br)c2)no1. The smallest absolute Gasteiger partial charge is 0.262 e. The number of halogens is 3. The summed E-state index contributed by atoms with van der Waals surface area (Å²) in [7, 11) is 0. The van der Waals surface area contributed by atoms with Crippen LogP contribution in [0.5, 0.6) is 5.75 Å². The van der Waals surface area contributed by atoms with Crippen LogP contribution in [0.1, 0.15) is 0 Å². The molecule has 3 aromatic rings. The van der Waals surface area contributed by atoms with Gasteiger partial charge >= 0.3 is 0 Å². The Balaban J connectivity index is 2.03. The van der Waals surface area contributed by atoms with Crippen LogP contribution in [0.25, 0.3) is 22.8 Å². The highest BCUT2D eigenvalue weighted by molar-refractivity contribution is 9.10. The second-order valence-electron chi connectivity index (χ2n) is 4.21. The van der Waals surface area contributed by atoms with Crippen molar-refractivity contribution < 1.29 is 14.0 Å². The standard InChI is InChI=1S/C14H7BrClFN2O2/c15-10-5-7(1-3-11(10)16)13-18-14(21-19-13)9-6-8(17)2-4-12(9)20/h1-6,20H. The van der Waals surface area contributed by atoms with Crippen LogP contribution in [-0.4, -0.2) is 15.2 Å². The van der Waals surface area contributed by atoms with Gasteiger partial charge in [-0.05, 0) is 52.3 Å². The minimum absolute atomic E-state index is 0.0353. The molecule has 21 heavy (non-hydrogen) atoms. The molecule has 0 unspecified atom stereocenters. The molecule has 2 aromatic carbocycles. The summed E-state index contributed by atoms with van der Waals surface area (Å²) in [5.74, 6) is -0.292. The molecule has 0 saturated heterocycles. The largest absolute Gasteiger partial charge is 0.507 e. The van der Waals surface area contributed by atoms with Gasteiger partial charge in [0.25, 0.3) is 5.89 Å². The number of nitrogens with zero attached hydrogens (tertiary/aromatic N) is 2. The topological polar surface area (TPSA) is 59.2 Å². The molecule has 0 atom stereocenters. The first-order valence-electron chi connectivity index (χ1n) is 5.82. The number of aromatic nitrogens is 2. The Bertz CT molecular complexity index is 822. The summed E-state index contributed by atoms with van der Waals surface area (Å²) in [6.45, 7) is 0. The molecule has 0 aliphatic carbocycles. The van der Waals surface area contributed by atoms with E-state index < -0.39 is 5.82 Å². The molecule has 1 heterocycles. The van der Waals surface area contributed by atoms with Crippen molar-refractivity contribution >= 4 is 27.5 Å². The quantitative estimate of drug-likeness (QED) is 0.713. The van der Waals surface area contributed by atoms with Crippen molar-refractivity contribution in [3.05, 3.63) is 51.7 Å². The number of phenols is 1. The van der Waals surface area contributed by atoms with Crippen LogP contribution in [-0.2, 0) is 0 Å². The molecule has 0 aliphatic heterocycles. The van der Waals surface area contributed by atoms with Gasteiger partial charge in [-0.15, -0.1) is 0 Å². The Morgan fingerprint density at radius 3 is 2.76 bits per heavy atom. The van der Waals surface area contributed by atoms with Crippen LogP contribution in [0.4, 0.5) is 4.39 Å². The summed E-state index contributed by atoms with van der Waals surface area (Å²) in [4.78, 5) is 4.16. The van der Waals surface area contributed by atoms with Crippen molar-refractivity contribution in [1.29, 1.82) is 0 Å². The van der Waals surface area contributed by atoms with E-state index in [0.29, 0.717) is 20.9 Å². The molecule has 106 valence electrons. The van der Waals surface area contributed by atoms with Gasteiger partial charge in [-0.3, -0.25) is 0 Å².